The van der Waals surface area contributed by atoms with Gasteiger partial charge in [-0.25, -0.2) is 9.97 Å². The van der Waals surface area contributed by atoms with Crippen LogP contribution in [0.5, 0.6) is 0 Å². The van der Waals surface area contributed by atoms with Gasteiger partial charge in [0.1, 0.15) is 16.8 Å². The van der Waals surface area contributed by atoms with Crippen LogP contribution < -0.4 is 5.32 Å². The van der Waals surface area contributed by atoms with E-state index >= 15 is 0 Å². The van der Waals surface area contributed by atoms with E-state index in [0.29, 0.717) is 5.15 Å². The molecule has 0 amide bonds. The Hall–Kier alpha value is -0.650. The Bertz CT molecular complexity index is 556. The van der Waals surface area contributed by atoms with Crippen molar-refractivity contribution in [2.24, 2.45) is 0 Å². The fourth-order valence-corrected chi connectivity index (χ4v) is 3.09. The standard InChI is InChI=1S/C12H13BrClN3S/c1-3-10-16-11(14)7(2)12(17-10)15-6-8-4-5-9(13)18-8/h4-5H,3,6H2,1-2H3,(H,15,16,17). The van der Waals surface area contributed by atoms with E-state index < -0.39 is 0 Å². The number of rotatable bonds is 4. The monoisotopic (exact) mass is 345 g/mol. The number of aryl methyl sites for hydroxylation is 1. The summed E-state index contributed by atoms with van der Waals surface area (Å²) in [7, 11) is 0. The molecule has 0 radical (unpaired) electrons. The summed E-state index contributed by atoms with van der Waals surface area (Å²) in [5.41, 5.74) is 0.893. The quantitative estimate of drug-likeness (QED) is 0.832. The van der Waals surface area contributed by atoms with Crippen molar-refractivity contribution in [3.8, 4) is 0 Å². The topological polar surface area (TPSA) is 37.8 Å². The Kier molecular flexibility index (Phi) is 4.59. The van der Waals surface area contributed by atoms with Gasteiger partial charge in [0.05, 0.1) is 10.3 Å². The molecule has 2 aromatic rings. The number of hydrogen-bond donors (Lipinski definition) is 1. The van der Waals surface area contributed by atoms with Gasteiger partial charge in [-0.2, -0.15) is 0 Å². The van der Waals surface area contributed by atoms with Crippen molar-refractivity contribution >= 4 is 44.7 Å². The zero-order valence-corrected chi connectivity index (χ0v) is 13.3. The summed E-state index contributed by atoms with van der Waals surface area (Å²) in [5, 5.41) is 3.84. The van der Waals surface area contributed by atoms with Gasteiger partial charge in [0.2, 0.25) is 0 Å². The average molecular weight is 347 g/mol. The van der Waals surface area contributed by atoms with Gasteiger partial charge in [-0.15, -0.1) is 11.3 Å². The molecule has 0 bridgehead atoms. The van der Waals surface area contributed by atoms with Gasteiger partial charge in [0, 0.05) is 16.9 Å². The molecule has 2 heterocycles. The van der Waals surface area contributed by atoms with Gasteiger partial charge in [-0.1, -0.05) is 18.5 Å². The van der Waals surface area contributed by atoms with Crippen LogP contribution >= 0.6 is 38.9 Å². The smallest absolute Gasteiger partial charge is 0.137 e. The minimum atomic E-state index is 0.525. The van der Waals surface area contributed by atoms with E-state index in [-0.39, 0.29) is 0 Å². The summed E-state index contributed by atoms with van der Waals surface area (Å²) in [5.74, 6) is 1.58. The van der Waals surface area contributed by atoms with Crippen LogP contribution in [-0.2, 0) is 13.0 Å². The fourth-order valence-electron chi connectivity index (χ4n) is 1.48. The predicted molar refractivity (Wildman–Crippen MR) is 80.5 cm³/mol. The predicted octanol–water partition coefficient (Wildman–Crippen LogP) is 4.44. The van der Waals surface area contributed by atoms with Crippen LogP contribution in [0.1, 0.15) is 23.2 Å². The average Bonchev–Trinajstić information content (AvgIpc) is 2.77. The van der Waals surface area contributed by atoms with E-state index in [4.69, 9.17) is 11.6 Å². The van der Waals surface area contributed by atoms with Gasteiger partial charge in [0.25, 0.3) is 0 Å². The lowest BCUT2D eigenvalue weighted by atomic mass is 10.3. The highest BCUT2D eigenvalue weighted by molar-refractivity contribution is 9.11. The van der Waals surface area contributed by atoms with Crippen molar-refractivity contribution in [2.45, 2.75) is 26.8 Å². The van der Waals surface area contributed by atoms with Gasteiger partial charge < -0.3 is 5.32 Å². The van der Waals surface area contributed by atoms with Crippen molar-refractivity contribution in [2.75, 3.05) is 5.32 Å². The summed E-state index contributed by atoms with van der Waals surface area (Å²) in [4.78, 5) is 9.92. The summed E-state index contributed by atoms with van der Waals surface area (Å²) in [6.07, 6.45) is 0.777. The van der Waals surface area contributed by atoms with Crippen molar-refractivity contribution in [1.29, 1.82) is 0 Å². The highest BCUT2D eigenvalue weighted by Crippen LogP contribution is 2.24. The van der Waals surface area contributed by atoms with Crippen LogP contribution in [0.2, 0.25) is 5.15 Å². The molecular formula is C12H13BrClN3S. The van der Waals surface area contributed by atoms with E-state index in [2.05, 4.69) is 37.3 Å². The van der Waals surface area contributed by atoms with Gasteiger partial charge >= 0.3 is 0 Å². The van der Waals surface area contributed by atoms with Gasteiger partial charge in [-0.3, -0.25) is 0 Å². The molecular weight excluding hydrogens is 334 g/mol. The molecule has 1 N–H and O–H groups in total. The number of anilines is 1. The van der Waals surface area contributed by atoms with E-state index in [1.165, 1.54) is 4.88 Å². The maximum atomic E-state index is 6.09. The first-order valence-electron chi connectivity index (χ1n) is 5.61. The van der Waals surface area contributed by atoms with E-state index in [1.54, 1.807) is 11.3 Å². The third-order valence-corrected chi connectivity index (χ3v) is 4.50. The SMILES string of the molecule is CCc1nc(Cl)c(C)c(NCc2ccc(Br)s2)n1. The number of aromatic nitrogens is 2. The summed E-state index contributed by atoms with van der Waals surface area (Å²) < 4.78 is 1.13. The lowest BCUT2D eigenvalue weighted by Gasteiger charge is -2.10. The molecule has 0 aliphatic carbocycles. The molecule has 0 spiro atoms. The molecule has 0 aliphatic heterocycles. The van der Waals surface area contributed by atoms with Crippen molar-refractivity contribution in [3.05, 3.63) is 37.3 Å². The molecule has 6 heteroatoms. The van der Waals surface area contributed by atoms with Crippen LogP contribution in [0.4, 0.5) is 5.82 Å². The summed E-state index contributed by atoms with van der Waals surface area (Å²) in [6.45, 7) is 4.68. The first-order valence-corrected chi connectivity index (χ1v) is 7.60. The third-order valence-electron chi connectivity index (χ3n) is 2.51. The molecule has 2 rings (SSSR count). The second-order valence-corrected chi connectivity index (χ2v) is 6.72. The molecule has 2 aromatic heterocycles. The zero-order chi connectivity index (χ0) is 13.1. The van der Waals surface area contributed by atoms with Crippen LogP contribution in [-0.4, -0.2) is 9.97 Å². The lowest BCUT2D eigenvalue weighted by Crippen LogP contribution is -2.06. The molecule has 0 aromatic carbocycles. The highest BCUT2D eigenvalue weighted by Gasteiger charge is 2.08. The zero-order valence-electron chi connectivity index (χ0n) is 10.1. The normalized spacial score (nSPS) is 10.7. The highest BCUT2D eigenvalue weighted by atomic mass is 79.9. The second-order valence-electron chi connectivity index (χ2n) is 3.82. The molecule has 96 valence electrons. The second kappa shape index (κ2) is 5.99. The van der Waals surface area contributed by atoms with E-state index in [1.807, 2.05) is 19.9 Å². The minimum absolute atomic E-state index is 0.525. The maximum absolute atomic E-state index is 6.09. The maximum Gasteiger partial charge on any atom is 0.137 e. The molecule has 0 unspecified atom stereocenters. The molecule has 3 nitrogen and oxygen atoms in total. The van der Waals surface area contributed by atoms with Crippen LogP contribution in [0.25, 0.3) is 0 Å². The lowest BCUT2D eigenvalue weighted by molar-refractivity contribution is 0.924. The molecule has 0 saturated carbocycles. The Labute approximate surface area is 124 Å². The number of nitrogens with zero attached hydrogens (tertiary/aromatic N) is 2. The van der Waals surface area contributed by atoms with Crippen LogP contribution in [0.15, 0.2) is 15.9 Å². The summed E-state index contributed by atoms with van der Waals surface area (Å²) in [6, 6.07) is 4.12. The van der Waals surface area contributed by atoms with Crippen molar-refractivity contribution in [3.63, 3.8) is 0 Å². The van der Waals surface area contributed by atoms with Crippen LogP contribution in [0.3, 0.4) is 0 Å². The molecule has 0 saturated heterocycles. The fraction of sp³-hybridized carbons (Fsp3) is 0.333. The number of thiophene rings is 1. The number of hydrogen-bond acceptors (Lipinski definition) is 4. The largest absolute Gasteiger partial charge is 0.365 e. The van der Waals surface area contributed by atoms with E-state index in [9.17, 15) is 0 Å². The van der Waals surface area contributed by atoms with Crippen molar-refractivity contribution in [1.82, 2.24) is 9.97 Å². The molecule has 0 aliphatic rings. The van der Waals surface area contributed by atoms with Crippen LogP contribution in [0, 0.1) is 6.92 Å². The third kappa shape index (κ3) is 3.22. The number of nitrogens with one attached hydrogen (secondary N) is 1. The van der Waals surface area contributed by atoms with Gasteiger partial charge in [-0.05, 0) is 35.0 Å². The molecule has 0 fully saturated rings. The van der Waals surface area contributed by atoms with Crippen molar-refractivity contribution < 1.29 is 0 Å². The molecule has 0 atom stereocenters. The molecule has 18 heavy (non-hydrogen) atoms. The van der Waals surface area contributed by atoms with E-state index in [0.717, 1.165) is 34.0 Å². The number of halogens is 2. The Morgan fingerprint density at radius 2 is 2.17 bits per heavy atom. The van der Waals surface area contributed by atoms with Gasteiger partial charge in [0.15, 0.2) is 0 Å². The Morgan fingerprint density at radius 3 is 2.78 bits per heavy atom. The first kappa shape index (κ1) is 13.8. The Balaban J connectivity index is 2.15. The Morgan fingerprint density at radius 1 is 1.39 bits per heavy atom. The first-order chi connectivity index (χ1) is 8.60. The summed E-state index contributed by atoms with van der Waals surface area (Å²) >= 11 is 11.2. The minimum Gasteiger partial charge on any atom is -0.365 e.